The SMILES string of the molecule is Cc1cc(O)c(I)c(C=O)c1. The van der Waals surface area contributed by atoms with Gasteiger partial charge >= 0.3 is 0 Å². The minimum atomic E-state index is 0.174. The Morgan fingerprint density at radius 2 is 2.18 bits per heavy atom. The molecule has 0 radical (unpaired) electrons. The minimum absolute atomic E-state index is 0.174. The summed E-state index contributed by atoms with van der Waals surface area (Å²) in [6.45, 7) is 1.84. The maximum atomic E-state index is 10.4. The third-order valence-corrected chi connectivity index (χ3v) is 2.53. The first-order valence-corrected chi connectivity index (χ1v) is 4.17. The molecule has 58 valence electrons. The summed E-state index contributed by atoms with van der Waals surface area (Å²) < 4.78 is 0.614. The van der Waals surface area contributed by atoms with Gasteiger partial charge in [0.1, 0.15) is 5.75 Å². The number of phenolic OH excluding ortho intramolecular Hbond substituents is 1. The van der Waals surface area contributed by atoms with E-state index in [1.807, 2.05) is 29.5 Å². The third-order valence-electron chi connectivity index (χ3n) is 1.35. The number of rotatable bonds is 1. The van der Waals surface area contributed by atoms with Gasteiger partial charge in [0, 0.05) is 5.56 Å². The van der Waals surface area contributed by atoms with Gasteiger partial charge in [-0.3, -0.25) is 4.79 Å². The first kappa shape index (κ1) is 8.52. The summed E-state index contributed by atoms with van der Waals surface area (Å²) in [6.07, 6.45) is 0.745. The van der Waals surface area contributed by atoms with E-state index < -0.39 is 0 Å². The normalized spacial score (nSPS) is 9.64. The van der Waals surface area contributed by atoms with E-state index in [4.69, 9.17) is 0 Å². The highest BCUT2D eigenvalue weighted by atomic mass is 127. The molecule has 0 spiro atoms. The molecule has 0 fully saturated rings. The number of halogens is 1. The topological polar surface area (TPSA) is 37.3 Å². The lowest BCUT2D eigenvalue weighted by Crippen LogP contribution is -1.87. The van der Waals surface area contributed by atoms with Crippen molar-refractivity contribution in [2.45, 2.75) is 6.92 Å². The molecule has 2 nitrogen and oxygen atoms in total. The maximum absolute atomic E-state index is 10.4. The van der Waals surface area contributed by atoms with Gasteiger partial charge in [0.25, 0.3) is 0 Å². The van der Waals surface area contributed by atoms with E-state index in [0.717, 1.165) is 11.8 Å². The molecule has 1 aromatic carbocycles. The Balaban J connectivity index is 3.35. The van der Waals surface area contributed by atoms with Gasteiger partial charge in [-0.2, -0.15) is 0 Å². The van der Waals surface area contributed by atoms with Gasteiger partial charge in [-0.1, -0.05) is 0 Å². The quantitative estimate of drug-likeness (QED) is 0.621. The van der Waals surface area contributed by atoms with Crippen molar-refractivity contribution in [3.63, 3.8) is 0 Å². The third kappa shape index (κ3) is 1.71. The highest BCUT2D eigenvalue weighted by Gasteiger charge is 2.03. The van der Waals surface area contributed by atoms with Crippen LogP contribution in [0.2, 0.25) is 0 Å². The first-order chi connectivity index (χ1) is 5.15. The van der Waals surface area contributed by atoms with Crippen molar-refractivity contribution < 1.29 is 9.90 Å². The Morgan fingerprint density at radius 3 is 2.73 bits per heavy atom. The average Bonchev–Trinajstić information content (AvgIpc) is 1.96. The average molecular weight is 262 g/mol. The summed E-state index contributed by atoms with van der Waals surface area (Å²) >= 11 is 1.94. The zero-order valence-electron chi connectivity index (χ0n) is 5.97. The molecule has 11 heavy (non-hydrogen) atoms. The Hall–Kier alpha value is -0.580. The lowest BCUT2D eigenvalue weighted by atomic mass is 10.1. The summed E-state index contributed by atoms with van der Waals surface area (Å²) in [5, 5.41) is 9.25. The largest absolute Gasteiger partial charge is 0.507 e. The van der Waals surface area contributed by atoms with E-state index in [1.165, 1.54) is 0 Å². The molecule has 0 heterocycles. The van der Waals surface area contributed by atoms with Crippen LogP contribution in [0.1, 0.15) is 15.9 Å². The first-order valence-electron chi connectivity index (χ1n) is 3.09. The molecule has 0 saturated heterocycles. The van der Waals surface area contributed by atoms with E-state index in [0.29, 0.717) is 9.13 Å². The Morgan fingerprint density at radius 1 is 1.55 bits per heavy atom. The van der Waals surface area contributed by atoms with Gasteiger partial charge in [0.15, 0.2) is 6.29 Å². The van der Waals surface area contributed by atoms with Gasteiger partial charge in [0.05, 0.1) is 3.57 Å². The van der Waals surface area contributed by atoms with Crippen molar-refractivity contribution >= 4 is 28.9 Å². The molecule has 1 aromatic rings. The van der Waals surface area contributed by atoms with Crippen LogP contribution < -0.4 is 0 Å². The second kappa shape index (κ2) is 3.21. The van der Waals surface area contributed by atoms with Crippen LogP contribution in [-0.4, -0.2) is 11.4 Å². The van der Waals surface area contributed by atoms with Crippen molar-refractivity contribution in [1.82, 2.24) is 0 Å². The van der Waals surface area contributed by atoms with Crippen LogP contribution >= 0.6 is 22.6 Å². The molecule has 1 rings (SSSR count). The smallest absolute Gasteiger partial charge is 0.151 e. The molecule has 0 aliphatic heterocycles. The highest BCUT2D eigenvalue weighted by Crippen LogP contribution is 2.23. The van der Waals surface area contributed by atoms with Crippen molar-refractivity contribution in [2.75, 3.05) is 0 Å². The standard InChI is InChI=1S/C8H7IO2/c1-5-2-6(4-10)8(9)7(11)3-5/h2-4,11H,1H3. The molecular formula is C8H7IO2. The van der Waals surface area contributed by atoms with Gasteiger partial charge in [-0.25, -0.2) is 0 Å². The van der Waals surface area contributed by atoms with Gasteiger partial charge in [-0.15, -0.1) is 0 Å². The Bertz CT molecular complexity index is 294. The second-order valence-electron chi connectivity index (χ2n) is 2.31. The van der Waals surface area contributed by atoms with Crippen LogP contribution in [0.4, 0.5) is 0 Å². The number of aryl methyl sites for hydroxylation is 1. The Labute approximate surface area is 78.4 Å². The van der Waals surface area contributed by atoms with E-state index in [-0.39, 0.29) is 5.75 Å². The van der Waals surface area contributed by atoms with Crippen LogP contribution in [0.5, 0.6) is 5.75 Å². The molecule has 0 aliphatic rings. The monoisotopic (exact) mass is 262 g/mol. The number of aldehydes is 1. The van der Waals surface area contributed by atoms with Crippen molar-refractivity contribution in [2.24, 2.45) is 0 Å². The van der Waals surface area contributed by atoms with Gasteiger partial charge in [-0.05, 0) is 47.2 Å². The Kier molecular flexibility index (Phi) is 2.49. The molecule has 0 saturated carbocycles. The van der Waals surface area contributed by atoms with Crippen LogP contribution in [0.3, 0.4) is 0 Å². The van der Waals surface area contributed by atoms with E-state index in [9.17, 15) is 9.90 Å². The molecule has 0 aliphatic carbocycles. The van der Waals surface area contributed by atoms with E-state index in [1.54, 1.807) is 12.1 Å². The zero-order valence-corrected chi connectivity index (χ0v) is 8.12. The lowest BCUT2D eigenvalue weighted by Gasteiger charge is -2.00. The maximum Gasteiger partial charge on any atom is 0.151 e. The number of carbonyl (C=O) groups excluding carboxylic acids is 1. The summed E-state index contributed by atoms with van der Waals surface area (Å²) in [6, 6.07) is 3.38. The van der Waals surface area contributed by atoms with Crippen molar-refractivity contribution in [1.29, 1.82) is 0 Å². The molecule has 1 N–H and O–H groups in total. The fourth-order valence-corrected chi connectivity index (χ4v) is 1.30. The van der Waals surface area contributed by atoms with Crippen molar-refractivity contribution in [3.05, 3.63) is 26.8 Å². The van der Waals surface area contributed by atoms with E-state index >= 15 is 0 Å². The number of carbonyl (C=O) groups is 1. The predicted molar refractivity (Wildman–Crippen MR) is 50.9 cm³/mol. The molecule has 0 aromatic heterocycles. The van der Waals surface area contributed by atoms with E-state index in [2.05, 4.69) is 0 Å². The fraction of sp³-hybridized carbons (Fsp3) is 0.125. The summed E-state index contributed by atoms with van der Waals surface area (Å²) in [7, 11) is 0. The number of benzene rings is 1. The highest BCUT2D eigenvalue weighted by molar-refractivity contribution is 14.1. The second-order valence-corrected chi connectivity index (χ2v) is 3.38. The molecular weight excluding hydrogens is 255 g/mol. The lowest BCUT2D eigenvalue weighted by molar-refractivity contribution is 0.112. The van der Waals surface area contributed by atoms with Gasteiger partial charge in [0.2, 0.25) is 0 Å². The zero-order chi connectivity index (χ0) is 8.43. The van der Waals surface area contributed by atoms with Crippen LogP contribution in [0.15, 0.2) is 12.1 Å². The van der Waals surface area contributed by atoms with Crippen molar-refractivity contribution in [3.8, 4) is 5.75 Å². The molecule has 0 amide bonds. The summed E-state index contributed by atoms with van der Waals surface area (Å²) in [5.74, 6) is 0.174. The fourth-order valence-electron chi connectivity index (χ4n) is 0.863. The molecule has 0 bridgehead atoms. The number of phenols is 1. The predicted octanol–water partition coefficient (Wildman–Crippen LogP) is 2.12. The number of hydrogen-bond acceptors (Lipinski definition) is 2. The van der Waals surface area contributed by atoms with Crippen LogP contribution in [0, 0.1) is 10.5 Å². The molecule has 0 atom stereocenters. The van der Waals surface area contributed by atoms with Crippen LogP contribution in [-0.2, 0) is 0 Å². The summed E-state index contributed by atoms with van der Waals surface area (Å²) in [5.41, 5.74) is 1.44. The number of hydrogen-bond donors (Lipinski definition) is 1. The van der Waals surface area contributed by atoms with Crippen LogP contribution in [0.25, 0.3) is 0 Å². The number of aromatic hydroxyl groups is 1. The van der Waals surface area contributed by atoms with Gasteiger partial charge < -0.3 is 5.11 Å². The molecule has 0 unspecified atom stereocenters. The summed E-state index contributed by atoms with van der Waals surface area (Å²) in [4.78, 5) is 10.4. The minimum Gasteiger partial charge on any atom is -0.507 e. The molecule has 3 heteroatoms.